The molecule has 0 aliphatic carbocycles. The Balaban J connectivity index is 1.86. The maximum absolute atomic E-state index is 5.66. The summed E-state index contributed by atoms with van der Waals surface area (Å²) in [5, 5.41) is 1.15. The first-order valence-electron chi connectivity index (χ1n) is 6.12. The number of hydrogen-bond donors (Lipinski definition) is 1. The minimum atomic E-state index is 0.653. The van der Waals surface area contributed by atoms with Gasteiger partial charge in [-0.05, 0) is 37.6 Å². The van der Waals surface area contributed by atoms with Crippen LogP contribution in [0.4, 0.5) is 5.69 Å². The predicted molar refractivity (Wildman–Crippen MR) is 76.3 cm³/mol. The number of aryl methyl sites for hydroxylation is 2. The van der Waals surface area contributed by atoms with Crippen molar-refractivity contribution in [2.75, 3.05) is 12.3 Å². The number of thiazole rings is 1. The Morgan fingerprint density at radius 3 is 2.61 bits per heavy atom. The molecule has 0 spiro atoms. The summed E-state index contributed by atoms with van der Waals surface area (Å²) in [7, 11) is 0. The van der Waals surface area contributed by atoms with Crippen molar-refractivity contribution in [3.63, 3.8) is 0 Å². The van der Waals surface area contributed by atoms with Crippen LogP contribution in [0, 0.1) is 6.92 Å². The lowest BCUT2D eigenvalue weighted by Gasteiger charge is -2.04. The summed E-state index contributed by atoms with van der Waals surface area (Å²) >= 11 is 1.77. The third-order valence-corrected chi connectivity index (χ3v) is 3.81. The minimum absolute atomic E-state index is 0.653. The molecule has 0 saturated heterocycles. The largest absolute Gasteiger partial charge is 0.493 e. The van der Waals surface area contributed by atoms with Gasteiger partial charge in [0.2, 0.25) is 0 Å². The highest BCUT2D eigenvalue weighted by atomic mass is 32.1. The molecule has 0 saturated carbocycles. The lowest BCUT2D eigenvalue weighted by atomic mass is 10.3. The first kappa shape index (κ1) is 12.9. The van der Waals surface area contributed by atoms with Crippen molar-refractivity contribution in [1.82, 2.24) is 4.98 Å². The molecule has 2 aromatic rings. The lowest BCUT2D eigenvalue weighted by Crippen LogP contribution is -2.01. The summed E-state index contributed by atoms with van der Waals surface area (Å²) in [6.45, 7) is 4.91. The topological polar surface area (TPSA) is 48.1 Å². The summed E-state index contributed by atoms with van der Waals surface area (Å²) in [5.74, 6) is 0.855. The zero-order valence-electron chi connectivity index (χ0n) is 10.8. The van der Waals surface area contributed by atoms with Gasteiger partial charge in [-0.25, -0.2) is 4.98 Å². The van der Waals surface area contributed by atoms with E-state index in [2.05, 4.69) is 18.8 Å². The fraction of sp³-hybridized carbons (Fsp3) is 0.357. The normalized spacial score (nSPS) is 10.6. The van der Waals surface area contributed by atoms with E-state index in [1.807, 2.05) is 24.3 Å². The van der Waals surface area contributed by atoms with E-state index in [1.165, 1.54) is 10.6 Å². The summed E-state index contributed by atoms with van der Waals surface area (Å²) in [4.78, 5) is 5.91. The van der Waals surface area contributed by atoms with Crippen molar-refractivity contribution < 1.29 is 4.74 Å². The van der Waals surface area contributed by atoms with Gasteiger partial charge in [-0.15, -0.1) is 11.3 Å². The van der Waals surface area contributed by atoms with E-state index in [4.69, 9.17) is 10.5 Å². The molecular formula is C14H18N2OS. The van der Waals surface area contributed by atoms with E-state index in [-0.39, 0.29) is 0 Å². The Morgan fingerprint density at radius 2 is 2.00 bits per heavy atom. The van der Waals surface area contributed by atoms with Crippen molar-refractivity contribution in [3.05, 3.63) is 39.8 Å². The van der Waals surface area contributed by atoms with Crippen LogP contribution in [0.5, 0.6) is 5.75 Å². The number of ether oxygens (including phenoxy) is 1. The van der Waals surface area contributed by atoms with Crippen LogP contribution in [0.2, 0.25) is 0 Å². The Hall–Kier alpha value is -1.55. The third kappa shape index (κ3) is 3.23. The minimum Gasteiger partial charge on any atom is -0.493 e. The van der Waals surface area contributed by atoms with Crippen molar-refractivity contribution in [2.24, 2.45) is 0 Å². The van der Waals surface area contributed by atoms with Gasteiger partial charge in [0.15, 0.2) is 0 Å². The molecule has 2 N–H and O–H groups in total. The van der Waals surface area contributed by atoms with Crippen LogP contribution in [-0.4, -0.2) is 11.6 Å². The first-order valence-corrected chi connectivity index (χ1v) is 6.94. The second kappa shape index (κ2) is 5.87. The van der Waals surface area contributed by atoms with Crippen LogP contribution in [0.1, 0.15) is 22.5 Å². The average molecular weight is 262 g/mol. The SMILES string of the molecule is CCc1nc(CCOc2ccc(N)cc2)sc1C. The molecule has 0 aliphatic rings. The van der Waals surface area contributed by atoms with Crippen LogP contribution < -0.4 is 10.5 Å². The Labute approximate surface area is 112 Å². The highest BCUT2D eigenvalue weighted by Crippen LogP contribution is 2.19. The number of aromatic nitrogens is 1. The van der Waals surface area contributed by atoms with Crippen LogP contribution >= 0.6 is 11.3 Å². The molecule has 1 aromatic carbocycles. The fourth-order valence-corrected chi connectivity index (χ4v) is 2.75. The monoisotopic (exact) mass is 262 g/mol. The Morgan fingerprint density at radius 1 is 1.28 bits per heavy atom. The number of nitrogens with zero attached hydrogens (tertiary/aromatic N) is 1. The van der Waals surface area contributed by atoms with Gasteiger partial charge < -0.3 is 10.5 Å². The number of nitrogen functional groups attached to an aromatic ring is 1. The first-order chi connectivity index (χ1) is 8.69. The van der Waals surface area contributed by atoms with E-state index in [0.717, 1.165) is 29.3 Å². The maximum Gasteiger partial charge on any atom is 0.119 e. The van der Waals surface area contributed by atoms with Gasteiger partial charge >= 0.3 is 0 Å². The van der Waals surface area contributed by atoms with Gasteiger partial charge in [-0.3, -0.25) is 0 Å². The summed E-state index contributed by atoms with van der Waals surface area (Å²) < 4.78 is 5.66. The third-order valence-electron chi connectivity index (χ3n) is 2.74. The zero-order valence-corrected chi connectivity index (χ0v) is 11.6. The van der Waals surface area contributed by atoms with Gasteiger partial charge in [-0.2, -0.15) is 0 Å². The van der Waals surface area contributed by atoms with Crippen molar-refractivity contribution >= 4 is 17.0 Å². The van der Waals surface area contributed by atoms with Crippen LogP contribution in [0.3, 0.4) is 0 Å². The molecule has 0 atom stereocenters. The second-order valence-corrected chi connectivity index (χ2v) is 5.42. The molecule has 2 rings (SSSR count). The van der Waals surface area contributed by atoms with E-state index in [1.54, 1.807) is 11.3 Å². The number of anilines is 1. The number of nitrogens with two attached hydrogens (primary N) is 1. The average Bonchev–Trinajstić information content (AvgIpc) is 2.72. The van der Waals surface area contributed by atoms with E-state index in [9.17, 15) is 0 Å². The van der Waals surface area contributed by atoms with E-state index in [0.29, 0.717) is 6.61 Å². The quantitative estimate of drug-likeness (QED) is 0.842. The molecule has 0 bridgehead atoms. The highest BCUT2D eigenvalue weighted by molar-refractivity contribution is 7.11. The molecule has 4 heteroatoms. The van der Waals surface area contributed by atoms with Gasteiger partial charge in [0, 0.05) is 17.0 Å². The second-order valence-electron chi connectivity index (χ2n) is 4.13. The molecule has 1 aromatic heterocycles. The molecule has 3 nitrogen and oxygen atoms in total. The van der Waals surface area contributed by atoms with E-state index < -0.39 is 0 Å². The fourth-order valence-electron chi connectivity index (χ4n) is 1.74. The highest BCUT2D eigenvalue weighted by Gasteiger charge is 2.05. The lowest BCUT2D eigenvalue weighted by molar-refractivity contribution is 0.322. The molecule has 0 unspecified atom stereocenters. The smallest absolute Gasteiger partial charge is 0.119 e. The summed E-state index contributed by atoms with van der Waals surface area (Å²) in [6.07, 6.45) is 1.86. The molecule has 0 amide bonds. The van der Waals surface area contributed by atoms with E-state index >= 15 is 0 Å². The van der Waals surface area contributed by atoms with Crippen LogP contribution in [-0.2, 0) is 12.8 Å². The molecule has 0 fully saturated rings. The zero-order chi connectivity index (χ0) is 13.0. The van der Waals surface area contributed by atoms with Crippen molar-refractivity contribution in [2.45, 2.75) is 26.7 Å². The Kier molecular flexibility index (Phi) is 4.20. The van der Waals surface area contributed by atoms with Crippen molar-refractivity contribution in [1.29, 1.82) is 0 Å². The number of hydrogen-bond acceptors (Lipinski definition) is 4. The maximum atomic E-state index is 5.66. The Bertz CT molecular complexity index is 505. The van der Waals surface area contributed by atoms with Crippen LogP contribution in [0.15, 0.2) is 24.3 Å². The summed E-state index contributed by atoms with van der Waals surface area (Å²) in [5.41, 5.74) is 7.58. The summed E-state index contributed by atoms with van der Waals surface area (Å²) in [6, 6.07) is 7.47. The number of benzene rings is 1. The molecule has 0 radical (unpaired) electrons. The van der Waals surface area contributed by atoms with Gasteiger partial charge in [0.1, 0.15) is 5.75 Å². The van der Waals surface area contributed by atoms with Gasteiger partial charge in [0.25, 0.3) is 0 Å². The molecule has 96 valence electrons. The van der Waals surface area contributed by atoms with Crippen molar-refractivity contribution in [3.8, 4) is 5.75 Å². The molecule has 1 heterocycles. The molecular weight excluding hydrogens is 244 g/mol. The standard InChI is InChI=1S/C14H18N2OS/c1-3-13-10(2)18-14(16-13)8-9-17-12-6-4-11(15)5-7-12/h4-7H,3,8-9,15H2,1-2H3. The predicted octanol–water partition coefficient (Wildman–Crippen LogP) is 3.22. The molecule has 0 aliphatic heterocycles. The number of rotatable bonds is 5. The molecule has 18 heavy (non-hydrogen) atoms. The van der Waals surface area contributed by atoms with Crippen LogP contribution in [0.25, 0.3) is 0 Å². The van der Waals surface area contributed by atoms with Gasteiger partial charge in [-0.1, -0.05) is 6.92 Å². The van der Waals surface area contributed by atoms with Gasteiger partial charge in [0.05, 0.1) is 17.3 Å².